The summed E-state index contributed by atoms with van der Waals surface area (Å²) < 4.78 is 0. The first-order valence-corrected chi connectivity index (χ1v) is 11.5. The Morgan fingerprint density at radius 2 is 1.75 bits per heavy atom. The number of allylic oxidation sites excluding steroid dienone is 3. The molecule has 168 valence electrons. The summed E-state index contributed by atoms with van der Waals surface area (Å²) in [6.45, 7) is 3.38. The number of amides is 4. The number of benzene rings is 1. The van der Waals surface area contributed by atoms with Gasteiger partial charge in [-0.3, -0.25) is 14.5 Å². The Balaban J connectivity index is 1.15. The predicted molar refractivity (Wildman–Crippen MR) is 125 cm³/mol. The number of fused-ring (bicyclic) bond motifs is 1. The highest BCUT2D eigenvalue weighted by Gasteiger charge is 2.35. The monoisotopic (exact) mass is 454 g/mol. The van der Waals surface area contributed by atoms with Gasteiger partial charge in [0.2, 0.25) is 11.8 Å². The number of imide groups is 1. The summed E-state index contributed by atoms with van der Waals surface area (Å²) in [6.07, 6.45) is 9.74. The molecule has 1 fully saturated rings. The molecule has 0 saturated carbocycles. The normalized spacial score (nSPS) is 20.5. The summed E-state index contributed by atoms with van der Waals surface area (Å²) in [5.74, 6) is -0.500. The van der Waals surface area contributed by atoms with Crippen molar-refractivity contribution in [1.29, 1.82) is 0 Å². The molecular formula is C24H27ClN4O3. The number of piperazine rings is 1. The maximum atomic E-state index is 12.6. The molecule has 8 heteroatoms. The van der Waals surface area contributed by atoms with E-state index in [9.17, 15) is 14.4 Å². The van der Waals surface area contributed by atoms with Crippen LogP contribution in [0.4, 0.5) is 10.5 Å². The minimum Gasteiger partial charge on any atom is -0.368 e. The third-order valence-electron chi connectivity index (χ3n) is 6.08. The fourth-order valence-corrected chi connectivity index (χ4v) is 4.36. The number of carbonyl (C=O) groups is 3. The van der Waals surface area contributed by atoms with Crippen LogP contribution in [0.3, 0.4) is 0 Å². The summed E-state index contributed by atoms with van der Waals surface area (Å²) >= 11 is 5.95. The van der Waals surface area contributed by atoms with Crippen molar-refractivity contribution in [1.82, 2.24) is 9.80 Å². The topological polar surface area (TPSA) is 73.3 Å². The number of hydrogen-bond donors (Lipinski definition) is 0. The van der Waals surface area contributed by atoms with Gasteiger partial charge >= 0.3 is 6.03 Å². The van der Waals surface area contributed by atoms with Crippen LogP contribution in [0.1, 0.15) is 25.7 Å². The number of rotatable bonds is 7. The molecule has 7 nitrogen and oxygen atoms in total. The smallest absolute Gasteiger partial charge is 0.350 e. The van der Waals surface area contributed by atoms with Gasteiger partial charge in [0.25, 0.3) is 0 Å². The van der Waals surface area contributed by atoms with Crippen LogP contribution >= 0.6 is 11.6 Å². The molecule has 1 aliphatic carbocycles. The molecule has 0 radical (unpaired) electrons. The van der Waals surface area contributed by atoms with Crippen molar-refractivity contribution in [2.24, 2.45) is 10.9 Å². The summed E-state index contributed by atoms with van der Waals surface area (Å²) in [4.78, 5) is 46.7. The van der Waals surface area contributed by atoms with Gasteiger partial charge in [0.05, 0.1) is 11.6 Å². The first-order valence-electron chi connectivity index (χ1n) is 11.1. The molecule has 1 aromatic rings. The standard InChI is InChI=1S/C24H27ClN4O3/c25-18-9-11-19(12-10-18)27-14-16-28(17-15-27)22(30)8-2-1-5-13-29-23(31)20-6-3-4-7-21(20)26-24(29)32/h3-4,6-7,9-12,20H,1-2,5,8,13-17H2. The van der Waals surface area contributed by atoms with Gasteiger partial charge < -0.3 is 9.80 Å². The van der Waals surface area contributed by atoms with Gasteiger partial charge in [-0.15, -0.1) is 0 Å². The second-order valence-electron chi connectivity index (χ2n) is 8.19. The second kappa shape index (κ2) is 10.1. The van der Waals surface area contributed by atoms with E-state index >= 15 is 0 Å². The lowest BCUT2D eigenvalue weighted by atomic mass is 9.95. The average molecular weight is 455 g/mol. The van der Waals surface area contributed by atoms with Gasteiger partial charge in [0.15, 0.2) is 0 Å². The molecule has 0 spiro atoms. The SMILES string of the molecule is O=C(CCCCCN1C(=O)N=C2C=CC=CC2C1=O)N1CCN(c2ccc(Cl)cc2)CC1. The van der Waals surface area contributed by atoms with Gasteiger partial charge in [-0.2, -0.15) is 4.99 Å². The summed E-state index contributed by atoms with van der Waals surface area (Å²) in [6, 6.07) is 7.29. The zero-order valence-corrected chi connectivity index (χ0v) is 18.7. The predicted octanol–water partition coefficient (Wildman–Crippen LogP) is 3.69. The second-order valence-corrected chi connectivity index (χ2v) is 8.62. The fourth-order valence-electron chi connectivity index (χ4n) is 4.23. The highest BCUT2D eigenvalue weighted by molar-refractivity contribution is 6.30. The van der Waals surface area contributed by atoms with Crippen LogP contribution in [0.25, 0.3) is 0 Å². The molecule has 4 rings (SSSR count). The van der Waals surface area contributed by atoms with Crippen LogP contribution in [0.5, 0.6) is 0 Å². The Hall–Kier alpha value is -2.93. The van der Waals surface area contributed by atoms with Crippen molar-refractivity contribution in [2.75, 3.05) is 37.6 Å². The van der Waals surface area contributed by atoms with E-state index in [1.54, 1.807) is 24.3 Å². The maximum absolute atomic E-state index is 12.6. The van der Waals surface area contributed by atoms with Crippen LogP contribution in [0.2, 0.25) is 5.02 Å². The van der Waals surface area contributed by atoms with Gasteiger partial charge in [-0.1, -0.05) is 36.2 Å². The van der Waals surface area contributed by atoms with E-state index in [1.165, 1.54) is 4.90 Å². The summed E-state index contributed by atoms with van der Waals surface area (Å²) in [5.41, 5.74) is 1.64. The molecule has 2 aliphatic heterocycles. The molecule has 3 aliphatic rings. The first-order chi connectivity index (χ1) is 15.5. The highest BCUT2D eigenvalue weighted by atomic mass is 35.5. The summed E-state index contributed by atoms with van der Waals surface area (Å²) in [7, 11) is 0. The minimum atomic E-state index is -0.490. The van der Waals surface area contributed by atoms with E-state index in [1.807, 2.05) is 29.2 Å². The molecule has 1 unspecified atom stereocenters. The van der Waals surface area contributed by atoms with Crippen LogP contribution in [0, 0.1) is 5.92 Å². The molecule has 1 aromatic carbocycles. The molecule has 1 atom stereocenters. The van der Waals surface area contributed by atoms with E-state index in [-0.39, 0.29) is 11.8 Å². The third kappa shape index (κ3) is 5.10. The number of carbonyl (C=O) groups excluding carboxylic acids is 3. The molecule has 0 aromatic heterocycles. The van der Waals surface area contributed by atoms with Crippen molar-refractivity contribution in [2.45, 2.75) is 25.7 Å². The molecule has 1 saturated heterocycles. The Bertz CT molecular complexity index is 962. The Labute approximate surface area is 193 Å². The zero-order valence-electron chi connectivity index (χ0n) is 18.0. The Morgan fingerprint density at radius 3 is 2.50 bits per heavy atom. The van der Waals surface area contributed by atoms with Gasteiger partial charge in [0.1, 0.15) is 0 Å². The number of nitrogens with zero attached hydrogens (tertiary/aromatic N) is 4. The van der Waals surface area contributed by atoms with Gasteiger partial charge in [-0.05, 0) is 43.2 Å². The van der Waals surface area contributed by atoms with Crippen molar-refractivity contribution < 1.29 is 14.4 Å². The molecule has 2 heterocycles. The number of anilines is 1. The molecule has 4 amide bonds. The van der Waals surface area contributed by atoms with E-state index < -0.39 is 11.9 Å². The molecule has 0 bridgehead atoms. The van der Waals surface area contributed by atoms with Crippen LogP contribution in [-0.2, 0) is 9.59 Å². The van der Waals surface area contributed by atoms with Crippen molar-refractivity contribution in [3.8, 4) is 0 Å². The van der Waals surface area contributed by atoms with Crippen molar-refractivity contribution >= 4 is 40.8 Å². The van der Waals surface area contributed by atoms with E-state index in [0.29, 0.717) is 38.2 Å². The fraction of sp³-hybridized carbons (Fsp3) is 0.417. The lowest BCUT2D eigenvalue weighted by Gasteiger charge is -2.36. The van der Waals surface area contributed by atoms with Crippen LogP contribution in [0.15, 0.2) is 53.6 Å². The first kappa shape index (κ1) is 22.3. The number of hydrogen-bond acceptors (Lipinski definition) is 4. The quantitative estimate of drug-likeness (QED) is 0.589. The Kier molecular flexibility index (Phi) is 7.05. The molecular weight excluding hydrogens is 428 g/mol. The van der Waals surface area contributed by atoms with E-state index in [2.05, 4.69) is 9.89 Å². The van der Waals surface area contributed by atoms with E-state index in [4.69, 9.17) is 11.6 Å². The van der Waals surface area contributed by atoms with Gasteiger partial charge in [-0.25, -0.2) is 4.79 Å². The number of unbranched alkanes of at least 4 members (excludes halogenated alkanes) is 2. The zero-order chi connectivity index (χ0) is 22.5. The van der Waals surface area contributed by atoms with Gasteiger partial charge in [0, 0.05) is 49.9 Å². The number of urea groups is 1. The third-order valence-corrected chi connectivity index (χ3v) is 6.34. The summed E-state index contributed by atoms with van der Waals surface area (Å²) in [5, 5.41) is 0.719. The number of aliphatic imine (C=N–C) groups is 1. The molecule has 32 heavy (non-hydrogen) atoms. The maximum Gasteiger partial charge on any atom is 0.350 e. The average Bonchev–Trinajstić information content (AvgIpc) is 2.81. The van der Waals surface area contributed by atoms with E-state index in [0.717, 1.165) is 36.6 Å². The number of halogens is 1. The van der Waals surface area contributed by atoms with Crippen LogP contribution in [-0.4, -0.2) is 66.1 Å². The largest absolute Gasteiger partial charge is 0.368 e. The lowest BCUT2D eigenvalue weighted by Crippen LogP contribution is -2.48. The highest BCUT2D eigenvalue weighted by Crippen LogP contribution is 2.21. The minimum absolute atomic E-state index is 0.166. The van der Waals surface area contributed by atoms with Crippen molar-refractivity contribution in [3.05, 3.63) is 53.6 Å². The molecule has 0 N–H and O–H groups in total. The lowest BCUT2D eigenvalue weighted by molar-refractivity contribution is -0.132. The Morgan fingerprint density at radius 1 is 1.00 bits per heavy atom. The van der Waals surface area contributed by atoms with Crippen molar-refractivity contribution in [3.63, 3.8) is 0 Å². The van der Waals surface area contributed by atoms with Crippen LogP contribution < -0.4 is 4.90 Å².